The van der Waals surface area contributed by atoms with Crippen LogP contribution in [0.5, 0.6) is 0 Å². The summed E-state index contributed by atoms with van der Waals surface area (Å²) in [6.45, 7) is 2.26. The summed E-state index contributed by atoms with van der Waals surface area (Å²) in [5.74, 6) is -0.112. The topological polar surface area (TPSA) is 79.2 Å². The number of rotatable bonds is 10. The fraction of sp³-hybridized carbons (Fsp3) is 0.344. The quantitative estimate of drug-likeness (QED) is 0.392. The van der Waals surface area contributed by atoms with E-state index in [9.17, 15) is 19.2 Å². The molecule has 2 unspecified atom stereocenters. The fourth-order valence-electron chi connectivity index (χ4n) is 5.31. The summed E-state index contributed by atoms with van der Waals surface area (Å²) in [4.78, 5) is 25.1. The highest BCUT2D eigenvalue weighted by Gasteiger charge is 2.35. The van der Waals surface area contributed by atoms with E-state index in [1.165, 1.54) is 6.07 Å². The number of esters is 1. The minimum atomic E-state index is -0.341. The van der Waals surface area contributed by atoms with Crippen LogP contribution in [0.1, 0.15) is 55.7 Å². The van der Waals surface area contributed by atoms with E-state index in [-0.39, 0.29) is 36.6 Å². The minimum Gasteiger partial charge on any atom is -0.466 e. The third-order valence-corrected chi connectivity index (χ3v) is 7.40. The number of amides is 1. The Hall–Kier alpha value is -3.98. The van der Waals surface area contributed by atoms with Gasteiger partial charge in [-0.1, -0.05) is 48.1 Å². The first kappa shape index (κ1) is 27.1. The van der Waals surface area contributed by atoms with Crippen LogP contribution in [-0.2, 0) is 20.7 Å². The van der Waals surface area contributed by atoms with Gasteiger partial charge in [-0.3, -0.25) is 9.59 Å². The Morgan fingerprint density at radius 2 is 1.97 bits per heavy atom. The van der Waals surface area contributed by atoms with Gasteiger partial charge in [-0.15, -0.1) is 0 Å². The molecule has 0 saturated heterocycles. The highest BCUT2D eigenvalue weighted by atomic mass is 19.1. The maximum atomic E-state index is 13.7. The molecule has 6 heteroatoms. The summed E-state index contributed by atoms with van der Waals surface area (Å²) in [6, 6.07) is 16.5. The van der Waals surface area contributed by atoms with Gasteiger partial charge in [0.25, 0.3) is 5.91 Å². The van der Waals surface area contributed by atoms with Crippen molar-refractivity contribution >= 4 is 17.4 Å². The average Bonchev–Trinajstić information content (AvgIpc) is 3.11. The number of hydrogen-bond donors (Lipinski definition) is 1. The number of nitrogens with one attached hydrogen (secondary N) is 1. The summed E-state index contributed by atoms with van der Waals surface area (Å²) in [5.41, 5.74) is 5.02. The lowest BCUT2D eigenvalue weighted by Gasteiger charge is -2.39. The number of nitriles is 1. The van der Waals surface area contributed by atoms with E-state index >= 15 is 0 Å². The number of halogens is 1. The van der Waals surface area contributed by atoms with Gasteiger partial charge in [0.15, 0.2) is 0 Å². The van der Waals surface area contributed by atoms with Crippen LogP contribution in [0, 0.1) is 29.0 Å². The highest BCUT2D eigenvalue weighted by Crippen LogP contribution is 2.45. The maximum absolute atomic E-state index is 13.7. The Kier molecular flexibility index (Phi) is 9.26. The van der Waals surface area contributed by atoms with E-state index in [1.54, 1.807) is 25.1 Å². The summed E-state index contributed by atoms with van der Waals surface area (Å²) in [7, 11) is 0. The lowest BCUT2D eigenvalue weighted by atomic mass is 9.66. The normalized spacial score (nSPS) is 18.6. The number of nitrogens with zero attached hydrogens (tertiary/aromatic N) is 1. The number of allylic oxidation sites excluding steroid dienone is 4. The number of carbonyl (C=O) groups is 2. The first-order chi connectivity index (χ1) is 18.5. The highest BCUT2D eigenvalue weighted by molar-refractivity contribution is 5.98. The van der Waals surface area contributed by atoms with Crippen molar-refractivity contribution < 1.29 is 18.7 Å². The Balaban J connectivity index is 1.55. The van der Waals surface area contributed by atoms with Crippen LogP contribution in [0.2, 0.25) is 0 Å². The van der Waals surface area contributed by atoms with Crippen LogP contribution in [0.15, 0.2) is 77.9 Å². The van der Waals surface area contributed by atoms with Gasteiger partial charge in [0.2, 0.25) is 0 Å². The molecule has 1 N–H and O–H groups in total. The SMILES string of the molecule is CCOC(=O)CCNC(=O)C1=C(C2CCC2CCc2cccc(F)c2)CC=C(c2ccccc2C#N)C=C1. The molecule has 38 heavy (non-hydrogen) atoms. The predicted octanol–water partition coefficient (Wildman–Crippen LogP) is 6.07. The molecule has 1 amide bonds. The molecule has 2 aliphatic carbocycles. The van der Waals surface area contributed by atoms with E-state index in [2.05, 4.69) is 17.5 Å². The Bertz CT molecular complexity index is 1320. The first-order valence-corrected chi connectivity index (χ1v) is 13.3. The number of carbonyl (C=O) groups excluding carboxylic acids is 2. The molecule has 0 spiro atoms. The van der Waals surface area contributed by atoms with E-state index in [0.717, 1.165) is 48.0 Å². The lowest BCUT2D eigenvalue weighted by molar-refractivity contribution is -0.142. The van der Waals surface area contributed by atoms with Gasteiger partial charge < -0.3 is 10.1 Å². The van der Waals surface area contributed by atoms with Gasteiger partial charge in [-0.25, -0.2) is 4.39 Å². The number of benzene rings is 2. The molecule has 1 fully saturated rings. The molecule has 2 atom stereocenters. The second kappa shape index (κ2) is 13.0. The molecule has 5 nitrogen and oxygen atoms in total. The monoisotopic (exact) mass is 512 g/mol. The molecule has 0 aromatic heterocycles. The molecule has 0 aliphatic heterocycles. The van der Waals surface area contributed by atoms with Gasteiger partial charge in [0.05, 0.1) is 24.7 Å². The molecule has 4 rings (SSSR count). The van der Waals surface area contributed by atoms with E-state index < -0.39 is 0 Å². The lowest BCUT2D eigenvalue weighted by Crippen LogP contribution is -2.32. The molecule has 2 aromatic carbocycles. The van der Waals surface area contributed by atoms with Crippen molar-refractivity contribution in [3.8, 4) is 6.07 Å². The Morgan fingerprint density at radius 1 is 1.13 bits per heavy atom. The van der Waals surface area contributed by atoms with Crippen LogP contribution in [-0.4, -0.2) is 25.0 Å². The number of aryl methyl sites for hydroxylation is 1. The fourth-order valence-corrected chi connectivity index (χ4v) is 5.31. The zero-order valence-corrected chi connectivity index (χ0v) is 21.7. The molecular weight excluding hydrogens is 479 g/mol. The van der Waals surface area contributed by atoms with Crippen LogP contribution in [0.25, 0.3) is 5.57 Å². The molecule has 196 valence electrons. The predicted molar refractivity (Wildman–Crippen MR) is 145 cm³/mol. The summed E-state index contributed by atoms with van der Waals surface area (Å²) >= 11 is 0. The summed E-state index contributed by atoms with van der Waals surface area (Å²) in [5, 5.41) is 12.5. The summed E-state index contributed by atoms with van der Waals surface area (Å²) in [6.07, 6.45) is 10.4. The molecule has 0 bridgehead atoms. The first-order valence-electron chi connectivity index (χ1n) is 13.3. The van der Waals surface area contributed by atoms with Crippen LogP contribution < -0.4 is 5.32 Å². The molecule has 0 heterocycles. The zero-order chi connectivity index (χ0) is 26.9. The third-order valence-electron chi connectivity index (χ3n) is 7.40. The van der Waals surface area contributed by atoms with Crippen molar-refractivity contribution in [1.29, 1.82) is 5.26 Å². The molecule has 0 radical (unpaired) electrons. The zero-order valence-electron chi connectivity index (χ0n) is 21.7. The Morgan fingerprint density at radius 3 is 2.71 bits per heavy atom. The minimum absolute atomic E-state index is 0.116. The maximum Gasteiger partial charge on any atom is 0.307 e. The second-order valence-corrected chi connectivity index (χ2v) is 9.72. The second-order valence-electron chi connectivity index (χ2n) is 9.72. The van der Waals surface area contributed by atoms with Crippen molar-refractivity contribution in [2.45, 2.75) is 45.4 Å². The number of ether oxygens (including phenoxy) is 1. The van der Waals surface area contributed by atoms with Crippen LogP contribution >= 0.6 is 0 Å². The van der Waals surface area contributed by atoms with Gasteiger partial charge in [-0.05, 0) is 91.8 Å². The molecular formula is C32H33FN2O3. The van der Waals surface area contributed by atoms with Gasteiger partial charge in [0.1, 0.15) is 5.82 Å². The van der Waals surface area contributed by atoms with Gasteiger partial charge >= 0.3 is 5.97 Å². The van der Waals surface area contributed by atoms with Crippen molar-refractivity contribution in [3.63, 3.8) is 0 Å². The van der Waals surface area contributed by atoms with Crippen LogP contribution in [0.4, 0.5) is 4.39 Å². The smallest absolute Gasteiger partial charge is 0.307 e. The number of hydrogen-bond acceptors (Lipinski definition) is 4. The van der Waals surface area contributed by atoms with Crippen molar-refractivity contribution in [2.75, 3.05) is 13.2 Å². The molecule has 1 saturated carbocycles. The van der Waals surface area contributed by atoms with Gasteiger partial charge in [0, 0.05) is 12.1 Å². The van der Waals surface area contributed by atoms with E-state index in [4.69, 9.17) is 4.74 Å². The van der Waals surface area contributed by atoms with Gasteiger partial charge in [-0.2, -0.15) is 5.26 Å². The van der Waals surface area contributed by atoms with E-state index in [0.29, 0.717) is 30.1 Å². The molecule has 2 aliphatic rings. The van der Waals surface area contributed by atoms with Crippen molar-refractivity contribution in [2.24, 2.45) is 11.8 Å². The van der Waals surface area contributed by atoms with Crippen LogP contribution in [0.3, 0.4) is 0 Å². The third kappa shape index (κ3) is 6.66. The standard InChI is InChI=1S/C32H33FN2O3/c1-2-38-31(36)18-19-35-32(37)30-17-14-23(27-9-4-3-7-25(27)21-34)13-16-29(30)28-15-12-24(28)11-10-22-6-5-8-26(33)20-22/h3-9,13-14,17,20,24,28H,2,10-12,15-16,18-19H2,1H3,(H,35,37). The van der Waals surface area contributed by atoms with Crippen molar-refractivity contribution in [3.05, 3.63) is 100 Å². The van der Waals surface area contributed by atoms with E-state index in [1.807, 2.05) is 36.4 Å². The van der Waals surface area contributed by atoms with Crippen molar-refractivity contribution in [1.82, 2.24) is 5.32 Å². The Labute approximate surface area is 223 Å². The molecule has 2 aromatic rings. The summed E-state index contributed by atoms with van der Waals surface area (Å²) < 4.78 is 18.6. The average molecular weight is 513 g/mol. The largest absolute Gasteiger partial charge is 0.466 e.